The molecule has 0 aliphatic heterocycles. The fourth-order valence-corrected chi connectivity index (χ4v) is 2.34. The molecule has 94 valence electrons. The number of ether oxygens (including phenoxy) is 1. The molecule has 0 spiro atoms. The second-order valence-corrected chi connectivity index (χ2v) is 4.75. The first kappa shape index (κ1) is 14.2. The van der Waals surface area contributed by atoms with E-state index in [9.17, 15) is 4.79 Å². The molecule has 17 heavy (non-hydrogen) atoms. The summed E-state index contributed by atoms with van der Waals surface area (Å²) in [5, 5.41) is 3.27. The molecule has 3 nitrogen and oxygen atoms in total. The highest BCUT2D eigenvalue weighted by Gasteiger charge is 2.20. The van der Waals surface area contributed by atoms with Gasteiger partial charge in [-0.15, -0.1) is 0 Å². The number of hydrogen-bond donors (Lipinski definition) is 1. The Hall–Kier alpha value is -0.870. The average molecular weight is 300 g/mol. The molecule has 0 aromatic heterocycles. The number of hydrogen-bond acceptors (Lipinski definition) is 3. The number of carbonyl (C=O) groups is 1. The molecule has 0 aliphatic carbocycles. The average Bonchev–Trinajstić information content (AvgIpc) is 2.35. The monoisotopic (exact) mass is 299 g/mol. The molecule has 0 saturated heterocycles. The maximum Gasteiger partial charge on any atom is 0.322 e. The second kappa shape index (κ2) is 6.77. The zero-order chi connectivity index (χ0) is 12.8. The smallest absolute Gasteiger partial charge is 0.322 e. The fourth-order valence-electron chi connectivity index (χ4n) is 1.71. The van der Waals surface area contributed by atoms with E-state index in [0.717, 1.165) is 10.0 Å². The summed E-state index contributed by atoms with van der Waals surface area (Å²) in [6.07, 6.45) is 0.710. The molecule has 1 unspecified atom stereocenters. The molecule has 0 saturated carbocycles. The van der Waals surface area contributed by atoms with Crippen LogP contribution in [0.4, 0.5) is 0 Å². The van der Waals surface area contributed by atoms with Crippen molar-refractivity contribution in [3.63, 3.8) is 0 Å². The third-order valence-corrected chi connectivity index (χ3v) is 3.44. The minimum atomic E-state index is -0.262. The van der Waals surface area contributed by atoms with Crippen molar-refractivity contribution in [2.45, 2.75) is 32.4 Å². The van der Waals surface area contributed by atoms with E-state index >= 15 is 0 Å². The van der Waals surface area contributed by atoms with Gasteiger partial charge in [-0.05, 0) is 25.0 Å². The van der Waals surface area contributed by atoms with Crippen LogP contribution >= 0.6 is 15.9 Å². The molecule has 1 aromatic carbocycles. The first-order chi connectivity index (χ1) is 8.10. The maximum atomic E-state index is 11.5. The van der Waals surface area contributed by atoms with Crippen LogP contribution in [0.2, 0.25) is 0 Å². The van der Waals surface area contributed by atoms with Crippen molar-refractivity contribution in [3.05, 3.63) is 34.3 Å². The fraction of sp³-hybridized carbons (Fsp3) is 0.462. The molecule has 1 N–H and O–H groups in total. The Bertz CT molecular complexity index is 381. The van der Waals surface area contributed by atoms with E-state index in [0.29, 0.717) is 6.42 Å². The van der Waals surface area contributed by atoms with E-state index < -0.39 is 0 Å². The molecule has 0 amide bonds. The lowest BCUT2D eigenvalue weighted by Gasteiger charge is -2.21. The number of methoxy groups -OCH3 is 1. The lowest BCUT2D eigenvalue weighted by Crippen LogP contribution is -2.38. The predicted octanol–water partition coefficient (Wildman–Crippen LogP) is 3.05. The van der Waals surface area contributed by atoms with E-state index in [-0.39, 0.29) is 18.1 Å². The van der Waals surface area contributed by atoms with E-state index in [4.69, 9.17) is 4.74 Å². The Balaban J connectivity index is 2.74. The van der Waals surface area contributed by atoms with Gasteiger partial charge < -0.3 is 4.74 Å². The van der Waals surface area contributed by atoms with Crippen LogP contribution in [-0.2, 0) is 9.53 Å². The van der Waals surface area contributed by atoms with Gasteiger partial charge in [0.25, 0.3) is 0 Å². The van der Waals surface area contributed by atoms with Crippen molar-refractivity contribution >= 4 is 21.9 Å². The van der Waals surface area contributed by atoms with E-state index in [1.165, 1.54) is 7.11 Å². The normalized spacial score (nSPS) is 14.1. The standard InChI is InChI=1S/C13H18BrNO2/c1-4-12(13(16)17-3)15-9(2)10-7-5-6-8-11(10)14/h5-9,12,15H,4H2,1-3H3/t9-,12?/m1/s1. The molecule has 1 rings (SSSR count). The van der Waals surface area contributed by atoms with Crippen molar-refractivity contribution in [2.75, 3.05) is 7.11 Å². The van der Waals surface area contributed by atoms with Crippen LogP contribution in [0.15, 0.2) is 28.7 Å². The third-order valence-electron chi connectivity index (χ3n) is 2.72. The molecule has 0 aliphatic rings. The lowest BCUT2D eigenvalue weighted by molar-refractivity contribution is -0.143. The van der Waals surface area contributed by atoms with Gasteiger partial charge in [0.05, 0.1) is 7.11 Å². The van der Waals surface area contributed by atoms with Gasteiger partial charge in [0, 0.05) is 10.5 Å². The highest BCUT2D eigenvalue weighted by Crippen LogP contribution is 2.23. The summed E-state index contributed by atoms with van der Waals surface area (Å²) < 4.78 is 5.80. The second-order valence-electron chi connectivity index (χ2n) is 3.89. The van der Waals surface area contributed by atoms with Gasteiger partial charge in [0.1, 0.15) is 6.04 Å². The summed E-state index contributed by atoms with van der Waals surface area (Å²) in [4.78, 5) is 11.5. The van der Waals surface area contributed by atoms with Gasteiger partial charge in [0.2, 0.25) is 0 Å². The molecule has 2 atom stereocenters. The van der Waals surface area contributed by atoms with Gasteiger partial charge in [0.15, 0.2) is 0 Å². The Morgan fingerprint density at radius 3 is 2.65 bits per heavy atom. The van der Waals surface area contributed by atoms with Crippen molar-refractivity contribution in [2.24, 2.45) is 0 Å². The summed E-state index contributed by atoms with van der Waals surface area (Å²) in [5.41, 5.74) is 1.13. The molecular weight excluding hydrogens is 282 g/mol. The summed E-state index contributed by atoms with van der Waals surface area (Å²) in [7, 11) is 1.41. The topological polar surface area (TPSA) is 38.3 Å². The molecular formula is C13H18BrNO2. The lowest BCUT2D eigenvalue weighted by atomic mass is 10.1. The molecule has 0 heterocycles. The first-order valence-electron chi connectivity index (χ1n) is 5.68. The van der Waals surface area contributed by atoms with Gasteiger partial charge in [-0.1, -0.05) is 41.1 Å². The van der Waals surface area contributed by atoms with Gasteiger partial charge in [-0.2, -0.15) is 0 Å². The van der Waals surface area contributed by atoms with Crippen LogP contribution in [0, 0.1) is 0 Å². The summed E-state index contributed by atoms with van der Waals surface area (Å²) in [5.74, 6) is -0.216. The van der Waals surface area contributed by atoms with E-state index in [2.05, 4.69) is 21.2 Å². The largest absolute Gasteiger partial charge is 0.468 e. The Labute approximate surface area is 111 Å². The number of rotatable bonds is 5. The van der Waals surface area contributed by atoms with Crippen molar-refractivity contribution in [1.29, 1.82) is 0 Å². The maximum absolute atomic E-state index is 11.5. The Kier molecular flexibility index (Phi) is 5.65. The Morgan fingerprint density at radius 1 is 1.47 bits per heavy atom. The van der Waals surface area contributed by atoms with Crippen molar-refractivity contribution in [3.8, 4) is 0 Å². The summed E-state index contributed by atoms with van der Waals surface area (Å²) in [6, 6.07) is 7.81. The number of nitrogens with one attached hydrogen (secondary N) is 1. The number of carbonyl (C=O) groups excluding carboxylic acids is 1. The third kappa shape index (κ3) is 3.82. The number of esters is 1. The molecule has 0 fully saturated rings. The zero-order valence-electron chi connectivity index (χ0n) is 10.4. The van der Waals surface area contributed by atoms with Crippen LogP contribution in [-0.4, -0.2) is 19.1 Å². The molecule has 0 bridgehead atoms. The van der Waals surface area contributed by atoms with Crippen LogP contribution in [0.3, 0.4) is 0 Å². The zero-order valence-corrected chi connectivity index (χ0v) is 12.0. The van der Waals surface area contributed by atoms with Crippen molar-refractivity contribution in [1.82, 2.24) is 5.32 Å². The van der Waals surface area contributed by atoms with Gasteiger partial charge in [-0.3, -0.25) is 10.1 Å². The van der Waals surface area contributed by atoms with E-state index in [1.807, 2.05) is 38.1 Å². The Morgan fingerprint density at radius 2 is 2.12 bits per heavy atom. The number of halogens is 1. The quantitative estimate of drug-likeness (QED) is 0.849. The van der Waals surface area contributed by atoms with Gasteiger partial charge in [-0.25, -0.2) is 0 Å². The first-order valence-corrected chi connectivity index (χ1v) is 6.47. The number of benzene rings is 1. The molecule has 4 heteroatoms. The highest BCUT2D eigenvalue weighted by molar-refractivity contribution is 9.10. The molecule has 0 radical (unpaired) electrons. The SMILES string of the molecule is CCC(N[C@H](C)c1ccccc1Br)C(=O)OC. The van der Waals surface area contributed by atoms with E-state index in [1.54, 1.807) is 0 Å². The summed E-state index contributed by atoms with van der Waals surface area (Å²) in [6.45, 7) is 3.99. The molecule has 1 aromatic rings. The minimum absolute atomic E-state index is 0.0922. The predicted molar refractivity (Wildman–Crippen MR) is 71.8 cm³/mol. The van der Waals surface area contributed by atoms with Crippen LogP contribution in [0.25, 0.3) is 0 Å². The minimum Gasteiger partial charge on any atom is -0.468 e. The van der Waals surface area contributed by atoms with Crippen LogP contribution < -0.4 is 5.32 Å². The highest BCUT2D eigenvalue weighted by atomic mass is 79.9. The van der Waals surface area contributed by atoms with Crippen LogP contribution in [0.1, 0.15) is 31.9 Å². The van der Waals surface area contributed by atoms with Crippen LogP contribution in [0.5, 0.6) is 0 Å². The summed E-state index contributed by atoms with van der Waals surface area (Å²) >= 11 is 3.51. The van der Waals surface area contributed by atoms with Crippen molar-refractivity contribution < 1.29 is 9.53 Å². The van der Waals surface area contributed by atoms with Gasteiger partial charge >= 0.3 is 5.97 Å².